The highest BCUT2D eigenvalue weighted by Gasteiger charge is 2.20. The first kappa shape index (κ1) is 14.1. The van der Waals surface area contributed by atoms with E-state index >= 15 is 0 Å². The van der Waals surface area contributed by atoms with Gasteiger partial charge in [-0.3, -0.25) is 0 Å². The molecule has 0 aromatic carbocycles. The zero-order valence-electron chi connectivity index (χ0n) is 9.79. The van der Waals surface area contributed by atoms with Crippen LogP contribution >= 0.6 is 0 Å². The van der Waals surface area contributed by atoms with Gasteiger partial charge >= 0.3 is 9.28 Å². The second kappa shape index (κ2) is 9.64. The molecule has 0 aromatic rings. The van der Waals surface area contributed by atoms with Crippen molar-refractivity contribution in [2.24, 2.45) is 5.73 Å². The van der Waals surface area contributed by atoms with Gasteiger partial charge in [0.1, 0.15) is 0 Å². The second-order valence-electron chi connectivity index (χ2n) is 3.54. The third kappa shape index (κ3) is 6.54. The van der Waals surface area contributed by atoms with Crippen molar-refractivity contribution in [2.75, 3.05) is 19.8 Å². The van der Waals surface area contributed by atoms with E-state index in [2.05, 4.69) is 6.92 Å². The van der Waals surface area contributed by atoms with Crippen molar-refractivity contribution in [3.05, 3.63) is 0 Å². The lowest BCUT2D eigenvalue weighted by atomic mass is 10.2. The lowest BCUT2D eigenvalue weighted by molar-refractivity contribution is 0.203. The van der Waals surface area contributed by atoms with Gasteiger partial charge in [-0.25, -0.2) is 0 Å². The van der Waals surface area contributed by atoms with Gasteiger partial charge in [0.15, 0.2) is 0 Å². The monoisotopic (exact) mass is 219 g/mol. The molecular formula is C10H25NO2Si. The van der Waals surface area contributed by atoms with Crippen LogP contribution < -0.4 is 5.73 Å². The van der Waals surface area contributed by atoms with Crippen molar-refractivity contribution >= 4 is 9.28 Å². The van der Waals surface area contributed by atoms with Crippen molar-refractivity contribution in [1.82, 2.24) is 0 Å². The van der Waals surface area contributed by atoms with Gasteiger partial charge in [-0.1, -0.05) is 13.3 Å². The van der Waals surface area contributed by atoms with Gasteiger partial charge < -0.3 is 14.6 Å². The minimum absolute atomic E-state index is 0.599. The second-order valence-corrected chi connectivity index (χ2v) is 6.08. The standard InChI is InChI=1S/C10H25NO2Si/c1-4-12-14(13-5-2)10(3)8-6-7-9-11/h10,14H,4-9,11H2,1-3H3. The molecule has 0 saturated carbocycles. The highest BCUT2D eigenvalue weighted by molar-refractivity contribution is 6.46. The highest BCUT2D eigenvalue weighted by atomic mass is 28.3. The quantitative estimate of drug-likeness (QED) is 0.475. The summed E-state index contributed by atoms with van der Waals surface area (Å²) in [6, 6.07) is 0. The van der Waals surface area contributed by atoms with E-state index < -0.39 is 9.28 Å². The topological polar surface area (TPSA) is 44.5 Å². The summed E-state index contributed by atoms with van der Waals surface area (Å²) in [5.41, 5.74) is 6.06. The maximum absolute atomic E-state index is 5.66. The molecule has 0 bridgehead atoms. The van der Waals surface area contributed by atoms with Crippen molar-refractivity contribution in [2.45, 2.75) is 45.6 Å². The molecule has 4 heteroatoms. The first-order valence-electron chi connectivity index (χ1n) is 5.69. The van der Waals surface area contributed by atoms with Crippen LogP contribution in [0.3, 0.4) is 0 Å². The number of nitrogens with two attached hydrogens (primary N) is 1. The first-order chi connectivity index (χ1) is 6.76. The minimum Gasteiger partial charge on any atom is -0.397 e. The minimum atomic E-state index is -1.41. The van der Waals surface area contributed by atoms with E-state index in [-0.39, 0.29) is 0 Å². The fourth-order valence-electron chi connectivity index (χ4n) is 1.45. The predicted octanol–water partition coefficient (Wildman–Crippen LogP) is 1.80. The largest absolute Gasteiger partial charge is 0.397 e. The molecule has 0 radical (unpaired) electrons. The number of hydrogen-bond acceptors (Lipinski definition) is 3. The van der Waals surface area contributed by atoms with Crippen LogP contribution in [0.2, 0.25) is 5.54 Å². The summed E-state index contributed by atoms with van der Waals surface area (Å²) in [6.07, 6.45) is 3.50. The molecule has 0 aliphatic heterocycles. The molecule has 3 nitrogen and oxygen atoms in total. The van der Waals surface area contributed by atoms with Crippen LogP contribution in [0, 0.1) is 0 Å². The predicted molar refractivity (Wildman–Crippen MR) is 62.7 cm³/mol. The third-order valence-corrected chi connectivity index (χ3v) is 4.83. The van der Waals surface area contributed by atoms with E-state index in [9.17, 15) is 0 Å². The Bertz CT molecular complexity index is 119. The molecular weight excluding hydrogens is 194 g/mol. The van der Waals surface area contributed by atoms with Crippen molar-refractivity contribution in [3.63, 3.8) is 0 Å². The zero-order valence-corrected chi connectivity index (χ0v) is 10.9. The summed E-state index contributed by atoms with van der Waals surface area (Å²) in [5.74, 6) is 0. The van der Waals surface area contributed by atoms with Crippen LogP contribution in [0.15, 0.2) is 0 Å². The first-order valence-corrected chi connectivity index (χ1v) is 7.30. The molecule has 0 rings (SSSR count). The van der Waals surface area contributed by atoms with Gasteiger partial charge in [-0.2, -0.15) is 0 Å². The summed E-state index contributed by atoms with van der Waals surface area (Å²) in [5, 5.41) is 0. The lowest BCUT2D eigenvalue weighted by Crippen LogP contribution is -2.27. The van der Waals surface area contributed by atoms with Crippen molar-refractivity contribution in [3.8, 4) is 0 Å². The normalized spacial score (nSPS) is 13.5. The Balaban J connectivity index is 3.69. The van der Waals surface area contributed by atoms with Crippen molar-refractivity contribution in [1.29, 1.82) is 0 Å². The molecule has 1 atom stereocenters. The molecule has 0 saturated heterocycles. The molecule has 14 heavy (non-hydrogen) atoms. The molecule has 1 unspecified atom stereocenters. The van der Waals surface area contributed by atoms with Gasteiger partial charge in [-0.05, 0) is 38.8 Å². The van der Waals surface area contributed by atoms with Crippen LogP contribution in [0.5, 0.6) is 0 Å². The molecule has 0 heterocycles. The van der Waals surface area contributed by atoms with E-state index in [0.29, 0.717) is 5.54 Å². The Morgan fingerprint density at radius 3 is 2.14 bits per heavy atom. The van der Waals surface area contributed by atoms with Gasteiger partial charge in [0, 0.05) is 13.2 Å². The van der Waals surface area contributed by atoms with Crippen LogP contribution in [0.1, 0.15) is 40.0 Å². The van der Waals surface area contributed by atoms with E-state index in [0.717, 1.165) is 26.2 Å². The van der Waals surface area contributed by atoms with E-state index in [1.165, 1.54) is 12.8 Å². The summed E-state index contributed by atoms with van der Waals surface area (Å²) >= 11 is 0. The fourth-order valence-corrected chi connectivity index (χ4v) is 3.37. The molecule has 0 amide bonds. The molecule has 0 aliphatic rings. The Morgan fingerprint density at radius 1 is 1.14 bits per heavy atom. The Hall–Kier alpha value is 0.0969. The van der Waals surface area contributed by atoms with Gasteiger partial charge in [0.25, 0.3) is 0 Å². The van der Waals surface area contributed by atoms with Crippen molar-refractivity contribution < 1.29 is 8.85 Å². The summed E-state index contributed by atoms with van der Waals surface area (Å²) in [7, 11) is -1.41. The zero-order chi connectivity index (χ0) is 10.8. The Kier molecular flexibility index (Phi) is 9.71. The summed E-state index contributed by atoms with van der Waals surface area (Å²) < 4.78 is 11.3. The molecule has 2 N–H and O–H groups in total. The van der Waals surface area contributed by atoms with Crippen LogP contribution in [-0.2, 0) is 8.85 Å². The van der Waals surface area contributed by atoms with Gasteiger partial charge in [-0.15, -0.1) is 0 Å². The lowest BCUT2D eigenvalue weighted by Gasteiger charge is -2.21. The van der Waals surface area contributed by atoms with Gasteiger partial charge in [0.05, 0.1) is 0 Å². The fraction of sp³-hybridized carbons (Fsp3) is 1.00. The van der Waals surface area contributed by atoms with Gasteiger partial charge in [0.2, 0.25) is 0 Å². The van der Waals surface area contributed by atoms with E-state index in [1.807, 2.05) is 13.8 Å². The third-order valence-electron chi connectivity index (χ3n) is 2.24. The molecule has 0 aromatic heterocycles. The van der Waals surface area contributed by atoms with Crippen LogP contribution in [0.4, 0.5) is 0 Å². The average molecular weight is 219 g/mol. The summed E-state index contributed by atoms with van der Waals surface area (Å²) in [6.45, 7) is 8.65. The van der Waals surface area contributed by atoms with E-state index in [1.54, 1.807) is 0 Å². The molecule has 0 fully saturated rings. The Labute approximate surface area is 89.8 Å². The Morgan fingerprint density at radius 2 is 1.71 bits per heavy atom. The number of unbranched alkanes of at least 4 members (excludes halogenated alkanes) is 1. The van der Waals surface area contributed by atoms with Crippen LogP contribution in [-0.4, -0.2) is 29.0 Å². The smallest absolute Gasteiger partial charge is 0.324 e. The highest BCUT2D eigenvalue weighted by Crippen LogP contribution is 2.19. The number of hydrogen-bond donors (Lipinski definition) is 1. The number of rotatable bonds is 9. The SMILES string of the molecule is CCO[SiH](OCC)C(C)CCCCN. The molecule has 86 valence electrons. The molecule has 0 spiro atoms. The van der Waals surface area contributed by atoms with E-state index in [4.69, 9.17) is 14.6 Å². The average Bonchev–Trinajstić information content (AvgIpc) is 2.18. The molecule has 0 aliphatic carbocycles. The maximum atomic E-state index is 5.66. The maximum Gasteiger partial charge on any atom is 0.324 e. The summed E-state index contributed by atoms with van der Waals surface area (Å²) in [4.78, 5) is 0. The van der Waals surface area contributed by atoms with Crippen LogP contribution in [0.25, 0.3) is 0 Å².